The number of hydrogen-bond donors (Lipinski definition) is 0. The SMILES string of the molecule is CCC(=O)c1ccccc1-n1cnc2ccccc21. The van der Waals surface area contributed by atoms with Gasteiger partial charge in [0.15, 0.2) is 5.78 Å². The molecule has 1 heterocycles. The summed E-state index contributed by atoms with van der Waals surface area (Å²) >= 11 is 0. The molecule has 0 amide bonds. The smallest absolute Gasteiger partial charge is 0.164 e. The maximum absolute atomic E-state index is 12.0. The third kappa shape index (κ3) is 1.93. The van der Waals surface area contributed by atoms with Crippen molar-refractivity contribution in [2.24, 2.45) is 0 Å². The van der Waals surface area contributed by atoms with Crippen molar-refractivity contribution in [1.29, 1.82) is 0 Å². The van der Waals surface area contributed by atoms with Crippen LogP contribution in [0.3, 0.4) is 0 Å². The number of benzene rings is 2. The highest BCUT2D eigenvalue weighted by atomic mass is 16.1. The number of nitrogens with zero attached hydrogens (tertiary/aromatic N) is 2. The Balaban J connectivity index is 2.25. The van der Waals surface area contributed by atoms with E-state index in [0.29, 0.717) is 6.42 Å². The van der Waals surface area contributed by atoms with E-state index in [1.165, 1.54) is 0 Å². The van der Waals surface area contributed by atoms with Crippen LogP contribution >= 0.6 is 0 Å². The van der Waals surface area contributed by atoms with Crippen LogP contribution in [0.1, 0.15) is 23.7 Å². The molecule has 0 saturated heterocycles. The topological polar surface area (TPSA) is 34.9 Å². The van der Waals surface area contributed by atoms with Gasteiger partial charge >= 0.3 is 0 Å². The fraction of sp³-hybridized carbons (Fsp3) is 0.125. The molecule has 3 rings (SSSR count). The third-order valence-corrected chi connectivity index (χ3v) is 3.24. The zero-order valence-corrected chi connectivity index (χ0v) is 10.7. The summed E-state index contributed by atoms with van der Waals surface area (Å²) in [5.74, 6) is 0.147. The summed E-state index contributed by atoms with van der Waals surface area (Å²) in [6.45, 7) is 1.88. The molecule has 2 aromatic carbocycles. The van der Waals surface area contributed by atoms with Crippen molar-refractivity contribution in [1.82, 2.24) is 9.55 Å². The Hall–Kier alpha value is -2.42. The van der Waals surface area contributed by atoms with E-state index in [1.54, 1.807) is 6.33 Å². The van der Waals surface area contributed by atoms with Gasteiger partial charge < -0.3 is 0 Å². The van der Waals surface area contributed by atoms with Crippen LogP contribution < -0.4 is 0 Å². The molecular formula is C16H14N2O. The third-order valence-electron chi connectivity index (χ3n) is 3.24. The molecular weight excluding hydrogens is 236 g/mol. The van der Waals surface area contributed by atoms with E-state index in [9.17, 15) is 4.79 Å². The zero-order chi connectivity index (χ0) is 13.2. The lowest BCUT2D eigenvalue weighted by Crippen LogP contribution is -2.04. The lowest BCUT2D eigenvalue weighted by molar-refractivity contribution is 0.0988. The van der Waals surface area contributed by atoms with E-state index in [1.807, 2.05) is 60.0 Å². The molecule has 0 atom stereocenters. The van der Waals surface area contributed by atoms with Gasteiger partial charge in [-0.2, -0.15) is 0 Å². The van der Waals surface area contributed by atoms with Crippen LogP contribution in [-0.2, 0) is 0 Å². The van der Waals surface area contributed by atoms with Crippen LogP contribution in [-0.4, -0.2) is 15.3 Å². The number of rotatable bonds is 3. The molecule has 19 heavy (non-hydrogen) atoms. The highest BCUT2D eigenvalue weighted by molar-refractivity contribution is 5.99. The molecule has 0 N–H and O–H groups in total. The summed E-state index contributed by atoms with van der Waals surface area (Å²) in [4.78, 5) is 16.4. The maximum atomic E-state index is 12.0. The van der Waals surface area contributed by atoms with Crippen molar-refractivity contribution in [2.45, 2.75) is 13.3 Å². The molecule has 3 nitrogen and oxygen atoms in total. The average Bonchev–Trinajstić information content (AvgIpc) is 2.90. The molecule has 0 radical (unpaired) electrons. The number of carbonyl (C=O) groups is 1. The largest absolute Gasteiger partial charge is 0.298 e. The Bertz CT molecular complexity index is 743. The van der Waals surface area contributed by atoms with Crippen LogP contribution in [0, 0.1) is 0 Å². The Kier molecular flexibility index (Phi) is 2.88. The summed E-state index contributed by atoms with van der Waals surface area (Å²) in [6, 6.07) is 15.6. The van der Waals surface area contributed by atoms with Gasteiger partial charge in [0.05, 0.1) is 16.7 Å². The Morgan fingerprint density at radius 2 is 1.84 bits per heavy atom. The number of ketones is 1. The van der Waals surface area contributed by atoms with E-state index in [2.05, 4.69) is 4.98 Å². The average molecular weight is 250 g/mol. The molecule has 0 bridgehead atoms. The van der Waals surface area contributed by atoms with Crippen LogP contribution in [0.25, 0.3) is 16.7 Å². The second-order valence-electron chi connectivity index (χ2n) is 4.40. The number of aromatic nitrogens is 2. The lowest BCUT2D eigenvalue weighted by Gasteiger charge is -2.09. The van der Waals surface area contributed by atoms with E-state index in [-0.39, 0.29) is 5.78 Å². The van der Waals surface area contributed by atoms with Crippen LogP contribution in [0.5, 0.6) is 0 Å². The molecule has 1 aromatic heterocycles. The molecule has 3 heteroatoms. The van der Waals surface area contributed by atoms with E-state index in [0.717, 1.165) is 22.3 Å². The van der Waals surface area contributed by atoms with Crippen LogP contribution in [0.15, 0.2) is 54.9 Å². The molecule has 0 fully saturated rings. The Morgan fingerprint density at radius 3 is 2.68 bits per heavy atom. The second-order valence-corrected chi connectivity index (χ2v) is 4.40. The van der Waals surface area contributed by atoms with Gasteiger partial charge in [-0.05, 0) is 24.3 Å². The first-order chi connectivity index (χ1) is 9.31. The summed E-state index contributed by atoms with van der Waals surface area (Å²) in [6.07, 6.45) is 2.27. The summed E-state index contributed by atoms with van der Waals surface area (Å²) in [7, 11) is 0. The highest BCUT2D eigenvalue weighted by Gasteiger charge is 2.12. The van der Waals surface area contributed by atoms with Gasteiger partial charge in [0, 0.05) is 12.0 Å². The Morgan fingerprint density at radius 1 is 1.11 bits per heavy atom. The van der Waals surface area contributed by atoms with Crippen molar-refractivity contribution in [3.8, 4) is 5.69 Å². The number of fused-ring (bicyclic) bond motifs is 1. The van der Waals surface area contributed by atoms with Crippen molar-refractivity contribution < 1.29 is 4.79 Å². The van der Waals surface area contributed by atoms with Gasteiger partial charge in [-0.3, -0.25) is 9.36 Å². The minimum Gasteiger partial charge on any atom is -0.298 e. The van der Waals surface area contributed by atoms with Gasteiger partial charge in [-0.15, -0.1) is 0 Å². The zero-order valence-electron chi connectivity index (χ0n) is 10.7. The highest BCUT2D eigenvalue weighted by Crippen LogP contribution is 2.21. The number of carbonyl (C=O) groups excluding carboxylic acids is 1. The molecule has 0 unspecified atom stereocenters. The minimum atomic E-state index is 0.147. The molecule has 0 aliphatic heterocycles. The monoisotopic (exact) mass is 250 g/mol. The minimum absolute atomic E-state index is 0.147. The number of Topliss-reactive ketones (excluding diaryl/α,β-unsaturated/α-hetero) is 1. The first-order valence-corrected chi connectivity index (χ1v) is 6.36. The van der Waals surface area contributed by atoms with Crippen molar-refractivity contribution in [3.63, 3.8) is 0 Å². The fourth-order valence-electron chi connectivity index (χ4n) is 2.26. The van der Waals surface area contributed by atoms with Crippen LogP contribution in [0.2, 0.25) is 0 Å². The molecule has 0 saturated carbocycles. The summed E-state index contributed by atoms with van der Waals surface area (Å²) < 4.78 is 1.97. The predicted octanol–water partition coefficient (Wildman–Crippen LogP) is 3.62. The van der Waals surface area contributed by atoms with Crippen LogP contribution in [0.4, 0.5) is 0 Å². The van der Waals surface area contributed by atoms with E-state index in [4.69, 9.17) is 0 Å². The first-order valence-electron chi connectivity index (χ1n) is 6.36. The molecule has 0 spiro atoms. The van der Waals surface area contributed by atoms with E-state index >= 15 is 0 Å². The molecule has 0 aliphatic carbocycles. The number of hydrogen-bond acceptors (Lipinski definition) is 2. The fourth-order valence-corrected chi connectivity index (χ4v) is 2.26. The van der Waals surface area contributed by atoms with Gasteiger partial charge in [0.25, 0.3) is 0 Å². The number of para-hydroxylation sites is 3. The van der Waals surface area contributed by atoms with Crippen molar-refractivity contribution >= 4 is 16.8 Å². The van der Waals surface area contributed by atoms with Gasteiger partial charge in [0.1, 0.15) is 6.33 Å². The predicted molar refractivity (Wildman–Crippen MR) is 75.7 cm³/mol. The molecule has 94 valence electrons. The van der Waals surface area contributed by atoms with Gasteiger partial charge in [-0.25, -0.2) is 4.98 Å². The molecule has 3 aromatic rings. The Labute approximate surface area is 111 Å². The van der Waals surface area contributed by atoms with Gasteiger partial charge in [-0.1, -0.05) is 31.2 Å². The van der Waals surface area contributed by atoms with Crippen molar-refractivity contribution in [2.75, 3.05) is 0 Å². The number of imidazole rings is 1. The molecule has 0 aliphatic rings. The second kappa shape index (κ2) is 4.69. The standard InChI is InChI=1S/C16H14N2O/c1-2-16(19)12-7-3-5-9-14(12)18-11-17-13-8-4-6-10-15(13)18/h3-11H,2H2,1H3. The van der Waals surface area contributed by atoms with Crippen molar-refractivity contribution in [3.05, 3.63) is 60.4 Å². The quantitative estimate of drug-likeness (QED) is 0.665. The summed E-state index contributed by atoms with van der Waals surface area (Å²) in [5.41, 5.74) is 3.58. The van der Waals surface area contributed by atoms with E-state index < -0.39 is 0 Å². The van der Waals surface area contributed by atoms with Gasteiger partial charge in [0.2, 0.25) is 0 Å². The maximum Gasteiger partial charge on any atom is 0.164 e. The lowest BCUT2D eigenvalue weighted by atomic mass is 10.1. The normalized spacial score (nSPS) is 10.8. The summed E-state index contributed by atoms with van der Waals surface area (Å²) in [5, 5.41) is 0. The first kappa shape index (κ1) is 11.7.